The maximum Gasteiger partial charge on any atom is 0.409 e. The quantitative estimate of drug-likeness (QED) is 0.392. The zero-order valence-electron chi connectivity index (χ0n) is 18.0. The molecule has 1 atom stereocenters. The van der Waals surface area contributed by atoms with Gasteiger partial charge in [0.25, 0.3) is 5.91 Å². The Hall–Kier alpha value is -3.85. The summed E-state index contributed by atoms with van der Waals surface area (Å²) < 4.78 is 65.4. The Bertz CT molecular complexity index is 1200. The number of hydrogen-bond donors (Lipinski definition) is 1. The van der Waals surface area contributed by atoms with E-state index in [-0.39, 0.29) is 18.2 Å². The van der Waals surface area contributed by atoms with Gasteiger partial charge in [-0.1, -0.05) is 36.4 Å². The van der Waals surface area contributed by atoms with Gasteiger partial charge >= 0.3 is 6.18 Å². The van der Waals surface area contributed by atoms with E-state index in [0.29, 0.717) is 22.6 Å². The van der Waals surface area contributed by atoms with Crippen LogP contribution in [0, 0.1) is 5.82 Å². The van der Waals surface area contributed by atoms with Gasteiger partial charge in [-0.15, -0.1) is 0 Å². The molecule has 9 heteroatoms. The maximum atomic E-state index is 13.8. The fraction of sp³-hybridized carbons (Fsp3) is 0.160. The number of para-hydroxylation sites is 1. The van der Waals surface area contributed by atoms with E-state index in [1.54, 1.807) is 30.3 Å². The van der Waals surface area contributed by atoms with Gasteiger partial charge in [0.15, 0.2) is 17.5 Å². The van der Waals surface area contributed by atoms with Gasteiger partial charge in [-0.05, 0) is 53.6 Å². The number of nitrogens with one attached hydrogen (secondary N) is 1. The van der Waals surface area contributed by atoms with Crippen LogP contribution in [-0.4, -0.2) is 25.2 Å². The minimum Gasteiger partial charge on any atom is -0.493 e. The molecule has 0 aromatic heterocycles. The van der Waals surface area contributed by atoms with Crippen LogP contribution in [-0.2, 0) is 11.4 Å². The molecule has 1 N–H and O–H groups in total. The first-order valence-electron chi connectivity index (χ1n) is 10.3. The SMILES string of the molecule is COc1ccc(/C=C2\C(=O)N(c3ccccc3)NC2C(F)(F)F)cc1OCc1ccc(F)cc1. The second-order valence-corrected chi connectivity index (χ2v) is 7.50. The van der Waals surface area contributed by atoms with Crippen molar-refractivity contribution in [3.63, 3.8) is 0 Å². The van der Waals surface area contributed by atoms with Gasteiger partial charge in [-0.3, -0.25) is 4.79 Å². The van der Waals surface area contributed by atoms with Crippen LogP contribution in [0.25, 0.3) is 6.08 Å². The summed E-state index contributed by atoms with van der Waals surface area (Å²) in [5.41, 5.74) is 3.12. The van der Waals surface area contributed by atoms with Gasteiger partial charge in [-0.25, -0.2) is 14.8 Å². The van der Waals surface area contributed by atoms with Gasteiger partial charge in [0.2, 0.25) is 0 Å². The van der Waals surface area contributed by atoms with Crippen LogP contribution >= 0.6 is 0 Å². The van der Waals surface area contributed by atoms with E-state index in [1.807, 2.05) is 0 Å². The molecule has 3 aromatic carbocycles. The second-order valence-electron chi connectivity index (χ2n) is 7.50. The minimum atomic E-state index is -4.70. The number of nitrogens with zero attached hydrogens (tertiary/aromatic N) is 1. The third-order valence-corrected chi connectivity index (χ3v) is 5.18. The molecule has 1 aliphatic rings. The number of alkyl halides is 3. The monoisotopic (exact) mass is 472 g/mol. The molecule has 1 fully saturated rings. The molecular weight excluding hydrogens is 452 g/mol. The Labute approximate surface area is 193 Å². The summed E-state index contributed by atoms with van der Waals surface area (Å²) in [6.07, 6.45) is -3.51. The molecule has 0 radical (unpaired) electrons. The van der Waals surface area contributed by atoms with Crippen molar-refractivity contribution in [1.29, 1.82) is 0 Å². The number of methoxy groups -OCH3 is 1. The van der Waals surface area contributed by atoms with Crippen molar-refractivity contribution in [2.45, 2.75) is 18.8 Å². The summed E-state index contributed by atoms with van der Waals surface area (Å²) in [6.45, 7) is 0.0874. The Morgan fingerprint density at radius 2 is 1.71 bits per heavy atom. The standard InChI is InChI=1S/C25H20F4N2O3/c1-33-21-12-9-17(14-22(21)34-15-16-7-10-18(26)11-8-16)13-20-23(25(27,28)29)30-31(24(20)32)19-5-3-2-4-6-19/h2-14,23,30H,15H2,1H3/b20-13-. The molecule has 1 unspecified atom stereocenters. The van der Waals surface area contributed by atoms with Crippen molar-refractivity contribution < 1.29 is 31.8 Å². The van der Waals surface area contributed by atoms with E-state index >= 15 is 0 Å². The van der Waals surface area contributed by atoms with Crippen molar-refractivity contribution in [3.8, 4) is 11.5 Å². The van der Waals surface area contributed by atoms with Crippen molar-refractivity contribution in [1.82, 2.24) is 5.43 Å². The zero-order chi connectivity index (χ0) is 24.3. The van der Waals surface area contributed by atoms with Crippen molar-refractivity contribution in [3.05, 3.63) is 95.3 Å². The number of carbonyl (C=O) groups excluding carboxylic acids is 1. The van der Waals surface area contributed by atoms with E-state index in [4.69, 9.17) is 9.47 Å². The highest BCUT2D eigenvalue weighted by Crippen LogP contribution is 2.35. The normalized spacial score (nSPS) is 17.3. The third kappa shape index (κ3) is 5.04. The molecule has 1 aliphatic heterocycles. The maximum absolute atomic E-state index is 13.8. The average Bonchev–Trinajstić information content (AvgIpc) is 3.16. The highest BCUT2D eigenvalue weighted by molar-refractivity contribution is 6.11. The molecule has 1 amide bonds. The number of hydrazine groups is 1. The number of anilines is 1. The zero-order valence-corrected chi connectivity index (χ0v) is 18.0. The molecule has 1 saturated heterocycles. The summed E-state index contributed by atoms with van der Waals surface area (Å²) >= 11 is 0. The molecule has 0 bridgehead atoms. The number of amides is 1. The van der Waals surface area contributed by atoms with Crippen molar-refractivity contribution in [2.75, 3.05) is 12.1 Å². The summed E-state index contributed by atoms with van der Waals surface area (Å²) in [6, 6.07) is 16.1. The lowest BCUT2D eigenvalue weighted by Gasteiger charge is -2.18. The molecular formula is C25H20F4N2O3. The number of benzene rings is 3. The summed E-state index contributed by atoms with van der Waals surface area (Å²) in [5.74, 6) is -0.562. The van der Waals surface area contributed by atoms with Crippen LogP contribution in [0.4, 0.5) is 23.2 Å². The Kier molecular flexibility index (Phi) is 6.56. The molecule has 0 saturated carbocycles. The number of carbonyl (C=O) groups is 1. The predicted octanol–water partition coefficient (Wildman–Crippen LogP) is 5.28. The lowest BCUT2D eigenvalue weighted by Crippen LogP contribution is -2.44. The molecule has 3 aromatic rings. The number of hydrogen-bond acceptors (Lipinski definition) is 4. The average molecular weight is 472 g/mol. The highest BCUT2D eigenvalue weighted by Gasteiger charge is 2.51. The fourth-order valence-electron chi connectivity index (χ4n) is 3.49. The number of rotatable bonds is 6. The Morgan fingerprint density at radius 3 is 2.35 bits per heavy atom. The first-order chi connectivity index (χ1) is 16.3. The first kappa shape index (κ1) is 23.3. The molecule has 176 valence electrons. The molecule has 5 nitrogen and oxygen atoms in total. The lowest BCUT2D eigenvalue weighted by molar-refractivity contribution is -0.144. The van der Waals surface area contributed by atoms with E-state index in [9.17, 15) is 22.4 Å². The second kappa shape index (κ2) is 9.56. The first-order valence-corrected chi connectivity index (χ1v) is 10.3. The van der Waals surface area contributed by atoms with E-state index in [1.165, 1.54) is 55.7 Å². The Morgan fingerprint density at radius 1 is 1.00 bits per heavy atom. The Balaban J connectivity index is 1.64. The summed E-state index contributed by atoms with van der Waals surface area (Å²) in [4.78, 5) is 12.9. The van der Waals surface area contributed by atoms with Gasteiger partial charge in [0.1, 0.15) is 12.4 Å². The highest BCUT2D eigenvalue weighted by atomic mass is 19.4. The van der Waals surface area contributed by atoms with Gasteiger partial charge < -0.3 is 9.47 Å². The number of ether oxygens (including phenoxy) is 2. The van der Waals surface area contributed by atoms with Gasteiger partial charge in [0.05, 0.1) is 12.8 Å². The van der Waals surface area contributed by atoms with Crippen LogP contribution in [0.2, 0.25) is 0 Å². The van der Waals surface area contributed by atoms with E-state index in [2.05, 4.69) is 5.43 Å². The molecule has 4 rings (SSSR count). The molecule has 1 heterocycles. The summed E-state index contributed by atoms with van der Waals surface area (Å²) in [7, 11) is 1.43. The van der Waals surface area contributed by atoms with Crippen LogP contribution < -0.4 is 19.9 Å². The van der Waals surface area contributed by atoms with E-state index < -0.39 is 23.7 Å². The largest absolute Gasteiger partial charge is 0.493 e. The van der Waals surface area contributed by atoms with Crippen LogP contribution in [0.3, 0.4) is 0 Å². The smallest absolute Gasteiger partial charge is 0.409 e. The van der Waals surface area contributed by atoms with Crippen LogP contribution in [0.15, 0.2) is 78.4 Å². The van der Waals surface area contributed by atoms with Crippen LogP contribution in [0.5, 0.6) is 11.5 Å². The van der Waals surface area contributed by atoms with Crippen molar-refractivity contribution >= 4 is 17.7 Å². The summed E-state index contributed by atoms with van der Waals surface area (Å²) in [5, 5.41) is 0.888. The predicted molar refractivity (Wildman–Crippen MR) is 119 cm³/mol. The van der Waals surface area contributed by atoms with Crippen molar-refractivity contribution in [2.24, 2.45) is 0 Å². The van der Waals surface area contributed by atoms with Crippen LogP contribution in [0.1, 0.15) is 11.1 Å². The lowest BCUT2D eigenvalue weighted by atomic mass is 10.0. The molecule has 0 spiro atoms. The third-order valence-electron chi connectivity index (χ3n) is 5.18. The molecule has 34 heavy (non-hydrogen) atoms. The molecule has 0 aliphatic carbocycles. The minimum absolute atomic E-state index is 0.0874. The number of halogens is 4. The van der Waals surface area contributed by atoms with E-state index in [0.717, 1.165) is 5.01 Å². The topological polar surface area (TPSA) is 50.8 Å². The van der Waals surface area contributed by atoms with Gasteiger partial charge in [-0.2, -0.15) is 13.2 Å². The fourth-order valence-corrected chi connectivity index (χ4v) is 3.49. The van der Waals surface area contributed by atoms with Gasteiger partial charge in [0, 0.05) is 5.57 Å².